The van der Waals surface area contributed by atoms with Crippen LogP contribution in [0.25, 0.3) is 0 Å². The van der Waals surface area contributed by atoms with Gasteiger partial charge in [-0.25, -0.2) is 13.2 Å². The fraction of sp³-hybridized carbons (Fsp3) is 0.538. The SMILES string of the molecule is OCC(F)(F)[C@@H](c1cc(I)ccc1F)N1CCNCC1. The van der Waals surface area contributed by atoms with Crippen molar-refractivity contribution in [3.05, 3.63) is 33.1 Å². The second kappa shape index (κ2) is 6.59. The van der Waals surface area contributed by atoms with Crippen LogP contribution in [0.15, 0.2) is 18.2 Å². The molecule has 112 valence electrons. The van der Waals surface area contributed by atoms with E-state index < -0.39 is 24.4 Å². The summed E-state index contributed by atoms with van der Waals surface area (Å²) < 4.78 is 42.9. The first kappa shape index (κ1) is 16.0. The minimum absolute atomic E-state index is 0.0575. The van der Waals surface area contributed by atoms with Crippen LogP contribution in [0.2, 0.25) is 0 Å². The summed E-state index contributed by atoms with van der Waals surface area (Å²) in [5.74, 6) is -4.05. The van der Waals surface area contributed by atoms with E-state index >= 15 is 0 Å². The minimum atomic E-state index is -3.39. The van der Waals surface area contributed by atoms with Crippen LogP contribution in [0.4, 0.5) is 13.2 Å². The molecule has 0 radical (unpaired) electrons. The number of alkyl halides is 2. The predicted octanol–water partition coefficient (Wildman–Crippen LogP) is 2.00. The van der Waals surface area contributed by atoms with Crippen molar-refractivity contribution in [1.29, 1.82) is 0 Å². The lowest BCUT2D eigenvalue weighted by Gasteiger charge is -2.38. The topological polar surface area (TPSA) is 35.5 Å². The van der Waals surface area contributed by atoms with Crippen molar-refractivity contribution in [2.24, 2.45) is 0 Å². The van der Waals surface area contributed by atoms with E-state index in [0.717, 1.165) is 0 Å². The molecule has 1 aromatic rings. The third-order valence-electron chi connectivity index (χ3n) is 3.38. The number of nitrogens with one attached hydrogen (secondary N) is 1. The van der Waals surface area contributed by atoms with Gasteiger partial charge in [0.05, 0.1) is 0 Å². The van der Waals surface area contributed by atoms with Gasteiger partial charge in [0.1, 0.15) is 18.5 Å². The minimum Gasteiger partial charge on any atom is -0.390 e. The molecule has 0 aliphatic carbocycles. The van der Waals surface area contributed by atoms with E-state index in [9.17, 15) is 13.2 Å². The largest absolute Gasteiger partial charge is 0.390 e. The first-order valence-electron chi connectivity index (χ1n) is 6.34. The molecule has 1 atom stereocenters. The predicted molar refractivity (Wildman–Crippen MR) is 78.3 cm³/mol. The Morgan fingerprint density at radius 2 is 2.00 bits per heavy atom. The Labute approximate surface area is 129 Å². The molecule has 0 aromatic heterocycles. The molecule has 0 amide bonds. The molecule has 1 fully saturated rings. The molecule has 1 aliphatic heterocycles. The number of aliphatic hydroxyl groups excluding tert-OH is 1. The van der Waals surface area contributed by atoms with Crippen LogP contribution in [-0.2, 0) is 0 Å². The second-order valence-corrected chi connectivity index (χ2v) is 6.02. The molecule has 1 heterocycles. The van der Waals surface area contributed by atoms with Crippen LogP contribution in [-0.4, -0.2) is 48.7 Å². The summed E-state index contributed by atoms with van der Waals surface area (Å²) in [4.78, 5) is 1.53. The van der Waals surface area contributed by atoms with Gasteiger partial charge in [0.15, 0.2) is 0 Å². The number of benzene rings is 1. The lowest BCUT2D eigenvalue weighted by molar-refractivity contribution is -0.119. The fourth-order valence-electron chi connectivity index (χ4n) is 2.44. The molecule has 2 N–H and O–H groups in total. The van der Waals surface area contributed by atoms with E-state index in [1.54, 1.807) is 0 Å². The Hall–Kier alpha value is -0.380. The van der Waals surface area contributed by atoms with Gasteiger partial charge in [-0.15, -0.1) is 0 Å². The molecule has 0 bridgehead atoms. The highest BCUT2D eigenvalue weighted by atomic mass is 127. The van der Waals surface area contributed by atoms with Crippen molar-refractivity contribution in [2.45, 2.75) is 12.0 Å². The van der Waals surface area contributed by atoms with Crippen molar-refractivity contribution in [3.63, 3.8) is 0 Å². The maximum Gasteiger partial charge on any atom is 0.290 e. The number of rotatable bonds is 4. The average molecular weight is 400 g/mol. The van der Waals surface area contributed by atoms with Crippen LogP contribution >= 0.6 is 22.6 Å². The summed E-state index contributed by atoms with van der Waals surface area (Å²) >= 11 is 1.96. The Morgan fingerprint density at radius 3 is 2.60 bits per heavy atom. The van der Waals surface area contributed by atoms with Crippen molar-refractivity contribution in [1.82, 2.24) is 10.2 Å². The molecule has 2 rings (SSSR count). The van der Waals surface area contributed by atoms with Gasteiger partial charge in [0, 0.05) is 35.3 Å². The summed E-state index contributed by atoms with van der Waals surface area (Å²) in [6, 6.07) is 2.71. The van der Waals surface area contributed by atoms with E-state index in [2.05, 4.69) is 5.32 Å². The normalized spacial score (nSPS) is 19.1. The lowest BCUT2D eigenvalue weighted by Crippen LogP contribution is -2.51. The van der Waals surface area contributed by atoms with Crippen LogP contribution in [0.5, 0.6) is 0 Å². The number of nitrogens with zero attached hydrogens (tertiary/aromatic N) is 1. The van der Waals surface area contributed by atoms with Gasteiger partial charge in [0.2, 0.25) is 0 Å². The Balaban J connectivity index is 2.42. The van der Waals surface area contributed by atoms with Crippen LogP contribution in [0.3, 0.4) is 0 Å². The first-order valence-corrected chi connectivity index (χ1v) is 7.42. The number of piperazine rings is 1. The summed E-state index contributed by atoms with van der Waals surface area (Å²) in [6.07, 6.45) is 0. The number of aliphatic hydroxyl groups is 1. The Bertz CT molecular complexity index is 467. The third kappa shape index (κ3) is 3.44. The van der Waals surface area contributed by atoms with Gasteiger partial charge in [-0.1, -0.05) is 0 Å². The Morgan fingerprint density at radius 1 is 1.35 bits per heavy atom. The fourth-order valence-corrected chi connectivity index (χ4v) is 2.96. The highest BCUT2D eigenvalue weighted by molar-refractivity contribution is 14.1. The number of hydrogen-bond acceptors (Lipinski definition) is 3. The van der Waals surface area contributed by atoms with Crippen molar-refractivity contribution >= 4 is 22.6 Å². The highest BCUT2D eigenvalue weighted by Crippen LogP contribution is 2.38. The number of hydrogen-bond donors (Lipinski definition) is 2. The lowest BCUT2D eigenvalue weighted by atomic mass is 9.97. The molecule has 1 aliphatic rings. The van der Waals surface area contributed by atoms with Gasteiger partial charge in [-0.3, -0.25) is 4.90 Å². The van der Waals surface area contributed by atoms with Crippen molar-refractivity contribution in [2.75, 3.05) is 32.8 Å². The molecular formula is C13H16F3IN2O. The van der Waals surface area contributed by atoms with Crippen molar-refractivity contribution in [3.8, 4) is 0 Å². The number of halogens is 4. The average Bonchev–Trinajstić information content (AvgIpc) is 2.44. The van der Waals surface area contributed by atoms with Gasteiger partial charge < -0.3 is 10.4 Å². The van der Waals surface area contributed by atoms with Crippen LogP contribution in [0, 0.1) is 9.39 Å². The Kier molecular flexibility index (Phi) is 5.27. The van der Waals surface area contributed by atoms with E-state index in [4.69, 9.17) is 5.11 Å². The molecule has 0 spiro atoms. The van der Waals surface area contributed by atoms with E-state index in [0.29, 0.717) is 29.7 Å². The van der Waals surface area contributed by atoms with E-state index in [1.807, 2.05) is 22.6 Å². The van der Waals surface area contributed by atoms with Crippen molar-refractivity contribution < 1.29 is 18.3 Å². The van der Waals surface area contributed by atoms with Gasteiger partial charge in [0.25, 0.3) is 5.92 Å². The quantitative estimate of drug-likeness (QED) is 0.760. The standard InChI is InChI=1S/C13H16F3IN2O/c14-11-2-1-9(17)7-10(11)12(13(15,16)8-20)19-5-3-18-4-6-19/h1-2,7,12,18,20H,3-6,8H2/t12-/m1/s1. The molecule has 0 unspecified atom stereocenters. The van der Waals surface area contributed by atoms with Gasteiger partial charge in [-0.05, 0) is 40.8 Å². The zero-order valence-corrected chi connectivity index (χ0v) is 12.9. The smallest absolute Gasteiger partial charge is 0.290 e. The second-order valence-electron chi connectivity index (χ2n) is 4.77. The third-order valence-corrected chi connectivity index (χ3v) is 4.05. The van der Waals surface area contributed by atoms with Gasteiger partial charge in [-0.2, -0.15) is 0 Å². The molecule has 20 heavy (non-hydrogen) atoms. The van der Waals surface area contributed by atoms with Crippen LogP contribution < -0.4 is 5.32 Å². The molecule has 0 saturated carbocycles. The molecular weight excluding hydrogens is 384 g/mol. The summed E-state index contributed by atoms with van der Waals surface area (Å²) in [5.41, 5.74) is -0.0575. The summed E-state index contributed by atoms with van der Waals surface area (Å²) in [5, 5.41) is 12.1. The summed E-state index contributed by atoms with van der Waals surface area (Å²) in [6.45, 7) is 0.635. The highest BCUT2D eigenvalue weighted by Gasteiger charge is 2.45. The molecule has 1 saturated heterocycles. The maximum absolute atomic E-state index is 14.1. The zero-order valence-electron chi connectivity index (χ0n) is 10.8. The summed E-state index contributed by atoms with van der Waals surface area (Å²) in [7, 11) is 0. The van der Waals surface area contributed by atoms with E-state index in [-0.39, 0.29) is 5.56 Å². The van der Waals surface area contributed by atoms with Crippen LogP contribution in [0.1, 0.15) is 11.6 Å². The zero-order chi connectivity index (χ0) is 14.8. The first-order chi connectivity index (χ1) is 9.45. The molecule has 7 heteroatoms. The molecule has 3 nitrogen and oxygen atoms in total. The van der Waals surface area contributed by atoms with Gasteiger partial charge >= 0.3 is 0 Å². The molecule has 1 aromatic carbocycles. The monoisotopic (exact) mass is 400 g/mol. The maximum atomic E-state index is 14.1. The van der Waals surface area contributed by atoms with E-state index in [1.165, 1.54) is 23.1 Å².